The van der Waals surface area contributed by atoms with E-state index in [0.717, 1.165) is 31.9 Å². The maximum atomic E-state index is 4.56. The minimum atomic E-state index is 0. The first kappa shape index (κ1) is 19.6. The molecule has 0 fully saturated rings. The zero-order chi connectivity index (χ0) is 13.9. The Labute approximate surface area is 143 Å². The number of aliphatic imine (C=N–C) groups is 1. The Kier molecular flexibility index (Phi) is 12.1. The minimum absolute atomic E-state index is 0. The molecule has 6 heteroatoms. The van der Waals surface area contributed by atoms with Crippen LogP contribution in [0.3, 0.4) is 0 Å². The van der Waals surface area contributed by atoms with Crippen molar-refractivity contribution >= 4 is 41.3 Å². The molecule has 1 aromatic heterocycles. The topological polar surface area (TPSA) is 49.3 Å². The van der Waals surface area contributed by atoms with Crippen LogP contribution in [-0.4, -0.2) is 31.1 Å². The zero-order valence-electron chi connectivity index (χ0n) is 12.7. The van der Waals surface area contributed by atoms with Gasteiger partial charge in [0.05, 0.1) is 10.7 Å². The van der Waals surface area contributed by atoms with Crippen LogP contribution in [0.25, 0.3) is 0 Å². The molecule has 1 rings (SSSR count). The van der Waals surface area contributed by atoms with Crippen LogP contribution in [0.15, 0.2) is 10.4 Å². The lowest BCUT2D eigenvalue weighted by Gasteiger charge is -2.10. The van der Waals surface area contributed by atoms with Gasteiger partial charge in [0.25, 0.3) is 0 Å². The van der Waals surface area contributed by atoms with E-state index in [2.05, 4.69) is 39.8 Å². The van der Waals surface area contributed by atoms with Crippen molar-refractivity contribution in [2.24, 2.45) is 4.99 Å². The Morgan fingerprint density at radius 2 is 2.00 bits per heavy atom. The molecule has 116 valence electrons. The fourth-order valence-electron chi connectivity index (χ4n) is 1.74. The number of thiazole rings is 1. The largest absolute Gasteiger partial charge is 0.356 e. The quantitative estimate of drug-likeness (QED) is 0.300. The van der Waals surface area contributed by atoms with Gasteiger partial charge in [-0.15, -0.1) is 35.3 Å². The van der Waals surface area contributed by atoms with Crippen LogP contribution in [0.4, 0.5) is 0 Å². The van der Waals surface area contributed by atoms with Crippen LogP contribution in [0.2, 0.25) is 0 Å². The molecular formula is C14H27IN4S. The Hall–Kier alpha value is -0.370. The summed E-state index contributed by atoms with van der Waals surface area (Å²) >= 11 is 1.75. The molecule has 0 saturated heterocycles. The SMILES string of the molecule is CCCCCNC(=NC)NCCc1csc(CC)n1.I. The van der Waals surface area contributed by atoms with E-state index in [1.54, 1.807) is 11.3 Å². The average Bonchev–Trinajstić information content (AvgIpc) is 2.89. The lowest BCUT2D eigenvalue weighted by molar-refractivity contribution is 0.681. The number of hydrogen-bond donors (Lipinski definition) is 2. The third-order valence-corrected chi connectivity index (χ3v) is 3.91. The molecule has 0 saturated carbocycles. The first-order valence-electron chi connectivity index (χ1n) is 7.17. The van der Waals surface area contributed by atoms with Crippen molar-refractivity contribution in [1.29, 1.82) is 0 Å². The number of nitrogens with one attached hydrogen (secondary N) is 2. The Bertz CT molecular complexity index is 379. The van der Waals surface area contributed by atoms with Gasteiger partial charge >= 0.3 is 0 Å². The highest BCUT2D eigenvalue weighted by Gasteiger charge is 2.01. The molecule has 0 aliphatic heterocycles. The van der Waals surface area contributed by atoms with Crippen molar-refractivity contribution in [3.63, 3.8) is 0 Å². The van der Waals surface area contributed by atoms with Gasteiger partial charge in [-0.05, 0) is 12.8 Å². The molecule has 0 radical (unpaired) electrons. The number of guanidine groups is 1. The fraction of sp³-hybridized carbons (Fsp3) is 0.714. The fourth-order valence-corrected chi connectivity index (χ4v) is 2.52. The zero-order valence-corrected chi connectivity index (χ0v) is 15.9. The highest BCUT2D eigenvalue weighted by atomic mass is 127. The van der Waals surface area contributed by atoms with Gasteiger partial charge in [0.15, 0.2) is 5.96 Å². The number of nitrogens with zero attached hydrogens (tertiary/aromatic N) is 2. The lowest BCUT2D eigenvalue weighted by atomic mass is 10.2. The first-order valence-corrected chi connectivity index (χ1v) is 8.05. The minimum Gasteiger partial charge on any atom is -0.356 e. The van der Waals surface area contributed by atoms with E-state index in [9.17, 15) is 0 Å². The van der Waals surface area contributed by atoms with Crippen molar-refractivity contribution in [1.82, 2.24) is 15.6 Å². The van der Waals surface area contributed by atoms with E-state index < -0.39 is 0 Å². The summed E-state index contributed by atoms with van der Waals surface area (Å²) in [6.07, 6.45) is 5.69. The number of hydrogen-bond acceptors (Lipinski definition) is 3. The molecule has 1 heterocycles. The number of aryl methyl sites for hydroxylation is 1. The van der Waals surface area contributed by atoms with Gasteiger partial charge in [0, 0.05) is 31.9 Å². The van der Waals surface area contributed by atoms with E-state index in [1.165, 1.54) is 30.0 Å². The summed E-state index contributed by atoms with van der Waals surface area (Å²) in [5.74, 6) is 0.891. The van der Waals surface area contributed by atoms with Crippen molar-refractivity contribution in [2.75, 3.05) is 20.1 Å². The maximum Gasteiger partial charge on any atom is 0.190 e. The second-order valence-electron chi connectivity index (χ2n) is 4.47. The van der Waals surface area contributed by atoms with Crippen LogP contribution >= 0.6 is 35.3 Å². The summed E-state index contributed by atoms with van der Waals surface area (Å²) in [6.45, 7) is 6.22. The molecule has 20 heavy (non-hydrogen) atoms. The summed E-state index contributed by atoms with van der Waals surface area (Å²) in [7, 11) is 1.81. The van der Waals surface area contributed by atoms with Crippen molar-refractivity contribution < 1.29 is 0 Å². The van der Waals surface area contributed by atoms with Gasteiger partial charge in [-0.1, -0.05) is 26.7 Å². The molecule has 0 aliphatic rings. The molecule has 0 amide bonds. The molecular weight excluding hydrogens is 383 g/mol. The summed E-state index contributed by atoms with van der Waals surface area (Å²) in [5.41, 5.74) is 1.18. The Morgan fingerprint density at radius 1 is 1.25 bits per heavy atom. The van der Waals surface area contributed by atoms with E-state index >= 15 is 0 Å². The molecule has 0 bridgehead atoms. The normalized spacial score (nSPS) is 11.1. The van der Waals surface area contributed by atoms with Crippen LogP contribution in [0, 0.1) is 0 Å². The second kappa shape index (κ2) is 12.4. The lowest BCUT2D eigenvalue weighted by Crippen LogP contribution is -2.38. The molecule has 0 spiro atoms. The number of halogens is 1. The highest BCUT2D eigenvalue weighted by molar-refractivity contribution is 14.0. The smallest absolute Gasteiger partial charge is 0.190 e. The highest BCUT2D eigenvalue weighted by Crippen LogP contribution is 2.10. The number of rotatable bonds is 8. The van der Waals surface area contributed by atoms with E-state index in [1.807, 2.05) is 7.05 Å². The van der Waals surface area contributed by atoms with Crippen molar-refractivity contribution in [2.45, 2.75) is 46.0 Å². The molecule has 0 aliphatic carbocycles. The molecule has 0 atom stereocenters. The molecule has 0 aromatic carbocycles. The van der Waals surface area contributed by atoms with E-state index in [-0.39, 0.29) is 24.0 Å². The summed E-state index contributed by atoms with van der Waals surface area (Å²) < 4.78 is 0. The molecule has 4 nitrogen and oxygen atoms in total. The first-order chi connectivity index (χ1) is 9.30. The summed E-state index contributed by atoms with van der Waals surface area (Å²) in [6, 6.07) is 0. The van der Waals surface area contributed by atoms with Gasteiger partial charge < -0.3 is 10.6 Å². The molecule has 0 unspecified atom stereocenters. The third-order valence-electron chi connectivity index (χ3n) is 2.87. The van der Waals surface area contributed by atoms with E-state index in [0.29, 0.717) is 0 Å². The Morgan fingerprint density at radius 3 is 2.60 bits per heavy atom. The van der Waals surface area contributed by atoms with Gasteiger partial charge in [-0.3, -0.25) is 4.99 Å². The standard InChI is InChI=1S/C14H26N4S.HI/c1-4-6-7-9-16-14(15-3)17-10-8-12-11-19-13(5-2)18-12;/h11H,4-10H2,1-3H3,(H2,15,16,17);1H. The predicted molar refractivity (Wildman–Crippen MR) is 99.5 cm³/mol. The second-order valence-corrected chi connectivity index (χ2v) is 5.41. The maximum absolute atomic E-state index is 4.56. The average molecular weight is 410 g/mol. The third kappa shape index (κ3) is 8.04. The van der Waals surface area contributed by atoms with Crippen molar-refractivity contribution in [3.05, 3.63) is 16.1 Å². The predicted octanol–water partition coefficient (Wildman–Crippen LogP) is 3.22. The van der Waals surface area contributed by atoms with Crippen LogP contribution in [0.1, 0.15) is 43.8 Å². The van der Waals surface area contributed by atoms with Gasteiger partial charge in [0.1, 0.15) is 0 Å². The van der Waals surface area contributed by atoms with Gasteiger partial charge in [0.2, 0.25) is 0 Å². The monoisotopic (exact) mass is 410 g/mol. The van der Waals surface area contributed by atoms with Crippen LogP contribution in [0.5, 0.6) is 0 Å². The van der Waals surface area contributed by atoms with Gasteiger partial charge in [-0.25, -0.2) is 4.98 Å². The Balaban J connectivity index is 0.00000361. The number of aromatic nitrogens is 1. The van der Waals surface area contributed by atoms with E-state index in [4.69, 9.17) is 0 Å². The molecule has 2 N–H and O–H groups in total. The molecule has 1 aromatic rings. The van der Waals surface area contributed by atoms with Crippen LogP contribution in [-0.2, 0) is 12.8 Å². The van der Waals surface area contributed by atoms with Gasteiger partial charge in [-0.2, -0.15) is 0 Å². The summed E-state index contributed by atoms with van der Waals surface area (Å²) in [4.78, 5) is 8.77. The van der Waals surface area contributed by atoms with Crippen molar-refractivity contribution in [3.8, 4) is 0 Å². The van der Waals surface area contributed by atoms with Crippen LogP contribution < -0.4 is 10.6 Å². The number of unbranched alkanes of at least 4 members (excludes halogenated alkanes) is 2. The summed E-state index contributed by atoms with van der Waals surface area (Å²) in [5, 5.41) is 10.0.